The molecule has 0 bridgehead atoms. The van der Waals surface area contributed by atoms with Crippen molar-refractivity contribution in [3.63, 3.8) is 0 Å². The molecule has 1 aliphatic heterocycles. The van der Waals surface area contributed by atoms with E-state index in [1.165, 1.54) is 5.56 Å². The summed E-state index contributed by atoms with van der Waals surface area (Å²) in [5, 5.41) is 3.16. The van der Waals surface area contributed by atoms with E-state index in [0.717, 1.165) is 47.2 Å². The lowest BCUT2D eigenvalue weighted by molar-refractivity contribution is -0.137. The van der Waals surface area contributed by atoms with E-state index in [-0.39, 0.29) is 11.8 Å². The molecule has 1 aliphatic rings. The number of rotatable bonds is 8. The topological polar surface area (TPSA) is 69.6 Å². The zero-order valence-corrected chi connectivity index (χ0v) is 21.9. The monoisotopic (exact) mass is 491 g/mol. The number of carbonyl (C=O) groups excluding carboxylic acids is 2. The van der Waals surface area contributed by atoms with Crippen molar-refractivity contribution in [2.24, 2.45) is 5.41 Å². The second-order valence-electron chi connectivity index (χ2n) is 9.57. The summed E-state index contributed by atoms with van der Waals surface area (Å²) in [6, 6.07) is 10.2. The lowest BCUT2D eigenvalue weighted by Gasteiger charge is -2.27. The summed E-state index contributed by atoms with van der Waals surface area (Å²) in [4.78, 5) is 41.0. The maximum Gasteiger partial charge on any atom is 0.242 e. The average Bonchev–Trinajstić information content (AvgIpc) is 3.25. The van der Waals surface area contributed by atoms with Crippen molar-refractivity contribution in [2.45, 2.75) is 47.2 Å². The van der Waals surface area contributed by atoms with E-state index in [1.807, 2.05) is 32.2 Å². The highest BCUT2D eigenvalue weighted by atomic mass is 32.1. The molecule has 0 unspecified atom stereocenters. The van der Waals surface area contributed by atoms with Crippen LogP contribution in [0.1, 0.15) is 42.6 Å². The van der Waals surface area contributed by atoms with Crippen LogP contribution >= 0.6 is 11.3 Å². The summed E-state index contributed by atoms with van der Waals surface area (Å²) < 4.78 is 0. The summed E-state index contributed by atoms with van der Waals surface area (Å²) in [6.07, 6.45) is 4.58. The van der Waals surface area contributed by atoms with Gasteiger partial charge in [-0.1, -0.05) is 12.1 Å². The fourth-order valence-corrected chi connectivity index (χ4v) is 5.33. The third kappa shape index (κ3) is 5.28. The average molecular weight is 492 g/mol. The Kier molecular flexibility index (Phi) is 7.33. The fourth-order valence-electron chi connectivity index (χ4n) is 4.52. The highest BCUT2D eigenvalue weighted by Crippen LogP contribution is 2.39. The molecule has 3 heterocycles. The largest absolute Gasteiger partial charge is 0.313 e. The highest BCUT2D eigenvalue weighted by molar-refractivity contribution is 7.09. The third-order valence-corrected chi connectivity index (χ3v) is 7.45. The van der Waals surface area contributed by atoms with Crippen LogP contribution in [0.25, 0.3) is 0 Å². The predicted octanol–water partition coefficient (Wildman–Crippen LogP) is 4.45. The quantitative estimate of drug-likeness (QED) is 0.436. The van der Waals surface area contributed by atoms with Gasteiger partial charge in [0.25, 0.3) is 0 Å². The first-order valence-electron chi connectivity index (χ1n) is 12.0. The van der Waals surface area contributed by atoms with E-state index in [9.17, 15) is 9.59 Å². The molecule has 2 aromatic heterocycles. The number of fused-ring (bicyclic) bond motifs is 1. The zero-order chi connectivity index (χ0) is 25.2. The predicted molar refractivity (Wildman–Crippen MR) is 141 cm³/mol. The lowest BCUT2D eigenvalue weighted by atomic mass is 9.90. The van der Waals surface area contributed by atoms with Gasteiger partial charge in [0.05, 0.1) is 17.9 Å². The van der Waals surface area contributed by atoms with Crippen molar-refractivity contribution in [2.75, 3.05) is 29.9 Å². The molecule has 0 atom stereocenters. The highest BCUT2D eigenvalue weighted by Gasteiger charge is 2.45. The van der Waals surface area contributed by atoms with Crippen LogP contribution in [0.3, 0.4) is 0 Å². The molecule has 0 spiro atoms. The van der Waals surface area contributed by atoms with Crippen molar-refractivity contribution in [3.05, 3.63) is 69.9 Å². The van der Waals surface area contributed by atoms with Crippen molar-refractivity contribution >= 4 is 34.5 Å². The van der Waals surface area contributed by atoms with Crippen LogP contribution in [-0.2, 0) is 29.1 Å². The van der Waals surface area contributed by atoms with Crippen LogP contribution in [0.5, 0.6) is 0 Å². The Labute approximate surface area is 211 Å². The maximum atomic E-state index is 13.2. The molecule has 8 heteroatoms. The van der Waals surface area contributed by atoms with E-state index in [4.69, 9.17) is 0 Å². The molecule has 0 radical (unpaired) electrons. The van der Waals surface area contributed by atoms with Crippen molar-refractivity contribution in [1.82, 2.24) is 14.9 Å². The number of nitrogens with zero attached hydrogens (tertiary/aromatic N) is 5. The maximum absolute atomic E-state index is 13.2. The lowest BCUT2D eigenvalue weighted by Crippen LogP contribution is -2.47. The minimum atomic E-state index is -1.11. The van der Waals surface area contributed by atoms with Gasteiger partial charge in [0.15, 0.2) is 0 Å². The molecule has 0 saturated carbocycles. The standard InChI is InChI=1S/C27H33N5O2S/c1-6-32-22-10-9-21(14-23(22)30(5)25(33)27(3,4)26(32)34)16-31(17-24-29-19(2)18-35-24)13-11-20-8-7-12-28-15-20/h7-10,12,14-15,18H,6,11,13,16-17H2,1-5H3. The van der Waals surface area contributed by atoms with E-state index < -0.39 is 5.41 Å². The van der Waals surface area contributed by atoms with Crippen LogP contribution in [0, 0.1) is 12.3 Å². The second-order valence-corrected chi connectivity index (χ2v) is 10.5. The van der Waals surface area contributed by atoms with E-state index in [0.29, 0.717) is 13.1 Å². The smallest absolute Gasteiger partial charge is 0.242 e. The summed E-state index contributed by atoms with van der Waals surface area (Å²) in [6.45, 7) is 10.2. The Morgan fingerprint density at radius 1 is 1.06 bits per heavy atom. The van der Waals surface area contributed by atoms with Crippen LogP contribution < -0.4 is 9.80 Å². The van der Waals surface area contributed by atoms with Crippen LogP contribution in [-0.4, -0.2) is 46.8 Å². The van der Waals surface area contributed by atoms with Gasteiger partial charge < -0.3 is 9.80 Å². The number of pyridine rings is 1. The molecule has 4 rings (SSSR count). The number of carbonyl (C=O) groups is 2. The van der Waals surface area contributed by atoms with Crippen LogP contribution in [0.4, 0.5) is 11.4 Å². The van der Waals surface area contributed by atoms with Crippen LogP contribution in [0.15, 0.2) is 48.1 Å². The van der Waals surface area contributed by atoms with Gasteiger partial charge in [-0.15, -0.1) is 11.3 Å². The van der Waals surface area contributed by atoms with Gasteiger partial charge in [0.1, 0.15) is 10.4 Å². The number of amides is 2. The number of hydrogen-bond acceptors (Lipinski definition) is 6. The fraction of sp³-hybridized carbons (Fsp3) is 0.407. The van der Waals surface area contributed by atoms with Gasteiger partial charge in [-0.05, 0) is 63.4 Å². The number of hydrogen-bond donors (Lipinski definition) is 0. The van der Waals surface area contributed by atoms with Crippen molar-refractivity contribution in [3.8, 4) is 0 Å². The molecule has 0 N–H and O–H groups in total. The van der Waals surface area contributed by atoms with E-state index >= 15 is 0 Å². The Morgan fingerprint density at radius 2 is 1.86 bits per heavy atom. The van der Waals surface area contributed by atoms with Gasteiger partial charge in [-0.25, -0.2) is 4.98 Å². The molecule has 7 nitrogen and oxygen atoms in total. The summed E-state index contributed by atoms with van der Waals surface area (Å²) in [5.74, 6) is -0.357. The molecular formula is C27H33N5O2S. The number of anilines is 2. The minimum absolute atomic E-state index is 0.166. The Balaban J connectivity index is 1.62. The Morgan fingerprint density at radius 3 is 2.51 bits per heavy atom. The molecule has 1 aromatic carbocycles. The molecular weight excluding hydrogens is 458 g/mol. The van der Waals surface area contributed by atoms with Gasteiger partial charge in [-0.3, -0.25) is 19.5 Å². The van der Waals surface area contributed by atoms with Crippen molar-refractivity contribution in [1.29, 1.82) is 0 Å². The van der Waals surface area contributed by atoms with Crippen LogP contribution in [0.2, 0.25) is 0 Å². The second kappa shape index (κ2) is 10.3. The molecule has 0 saturated heterocycles. The first-order chi connectivity index (χ1) is 16.7. The number of aryl methyl sites for hydroxylation is 1. The number of benzene rings is 1. The van der Waals surface area contributed by atoms with Gasteiger partial charge in [0, 0.05) is 50.1 Å². The summed E-state index contributed by atoms with van der Waals surface area (Å²) >= 11 is 1.68. The first-order valence-corrected chi connectivity index (χ1v) is 12.8. The number of aromatic nitrogens is 2. The number of thiazole rings is 1. The first kappa shape index (κ1) is 25.0. The molecule has 184 valence electrons. The van der Waals surface area contributed by atoms with E-state index in [2.05, 4.69) is 38.4 Å². The molecule has 35 heavy (non-hydrogen) atoms. The van der Waals surface area contributed by atoms with Crippen molar-refractivity contribution < 1.29 is 9.59 Å². The normalized spacial score (nSPS) is 15.5. The van der Waals surface area contributed by atoms with Gasteiger partial charge in [0.2, 0.25) is 11.8 Å². The zero-order valence-electron chi connectivity index (χ0n) is 21.1. The molecule has 0 fully saturated rings. The Bertz CT molecular complexity index is 1210. The SMILES string of the molecule is CCN1C(=O)C(C)(C)C(=O)N(C)c2cc(CN(CCc3cccnc3)Cc3nc(C)cs3)ccc21. The van der Waals surface area contributed by atoms with Gasteiger partial charge >= 0.3 is 0 Å². The molecule has 2 amide bonds. The summed E-state index contributed by atoms with van der Waals surface area (Å²) in [7, 11) is 1.76. The summed E-state index contributed by atoms with van der Waals surface area (Å²) in [5.41, 5.74) is 3.76. The molecule has 3 aromatic rings. The third-order valence-electron chi connectivity index (χ3n) is 6.50. The minimum Gasteiger partial charge on any atom is -0.313 e. The molecule has 0 aliphatic carbocycles. The van der Waals surface area contributed by atoms with Gasteiger partial charge in [-0.2, -0.15) is 0 Å². The Hall–Kier alpha value is -3.10. The van der Waals surface area contributed by atoms with E-state index in [1.54, 1.807) is 48.2 Å².